The van der Waals surface area contributed by atoms with E-state index in [9.17, 15) is 13.2 Å². The van der Waals surface area contributed by atoms with Gasteiger partial charge in [0.15, 0.2) is 0 Å². The molecule has 8 heteroatoms. The number of hydrogen-bond acceptors (Lipinski definition) is 5. The second-order valence-electron chi connectivity index (χ2n) is 6.36. The Labute approximate surface area is 148 Å². The van der Waals surface area contributed by atoms with Crippen molar-refractivity contribution in [2.45, 2.75) is 37.1 Å². The highest BCUT2D eigenvalue weighted by Crippen LogP contribution is 2.22. The van der Waals surface area contributed by atoms with Gasteiger partial charge in [-0.05, 0) is 31.5 Å². The highest BCUT2D eigenvalue weighted by molar-refractivity contribution is 7.90. The highest BCUT2D eigenvalue weighted by atomic mass is 32.2. The van der Waals surface area contributed by atoms with E-state index in [0.717, 1.165) is 32.5 Å². The van der Waals surface area contributed by atoms with Crippen molar-refractivity contribution in [1.29, 1.82) is 0 Å². The SMILES string of the molecule is CCN1CCC(NC(=O)CCN=C2NS(=O)(=O)c3ccccc32)CC1. The third-order valence-corrected chi connectivity index (χ3v) is 6.07. The number of rotatable bonds is 5. The van der Waals surface area contributed by atoms with Crippen LogP contribution in [0.3, 0.4) is 0 Å². The fourth-order valence-electron chi connectivity index (χ4n) is 3.21. The molecule has 7 nitrogen and oxygen atoms in total. The number of amides is 1. The van der Waals surface area contributed by atoms with E-state index in [-0.39, 0.29) is 29.8 Å². The zero-order valence-electron chi connectivity index (χ0n) is 14.4. The van der Waals surface area contributed by atoms with Gasteiger partial charge in [-0.1, -0.05) is 19.1 Å². The summed E-state index contributed by atoms with van der Waals surface area (Å²) in [5, 5.41) is 3.05. The van der Waals surface area contributed by atoms with E-state index in [1.807, 2.05) is 0 Å². The molecule has 25 heavy (non-hydrogen) atoms. The molecule has 0 bridgehead atoms. The number of piperidine rings is 1. The van der Waals surface area contributed by atoms with Crippen LogP contribution in [-0.2, 0) is 14.8 Å². The number of fused-ring (bicyclic) bond motifs is 1. The second-order valence-corrected chi connectivity index (χ2v) is 8.01. The molecule has 1 aromatic carbocycles. The first-order chi connectivity index (χ1) is 12.0. The molecule has 1 saturated heterocycles. The number of nitrogens with zero attached hydrogens (tertiary/aromatic N) is 2. The van der Waals surface area contributed by atoms with Crippen LogP contribution < -0.4 is 10.0 Å². The molecular weight excluding hydrogens is 340 g/mol. The van der Waals surface area contributed by atoms with Gasteiger partial charge in [-0.15, -0.1) is 0 Å². The topological polar surface area (TPSA) is 90.9 Å². The van der Waals surface area contributed by atoms with Crippen LogP contribution in [0.25, 0.3) is 0 Å². The average Bonchev–Trinajstić information content (AvgIpc) is 2.87. The van der Waals surface area contributed by atoms with Crippen LogP contribution in [0.5, 0.6) is 0 Å². The molecule has 0 aliphatic carbocycles. The fraction of sp³-hybridized carbons (Fsp3) is 0.529. The number of carbonyl (C=O) groups excluding carboxylic acids is 1. The lowest BCUT2D eigenvalue weighted by atomic mass is 10.1. The second kappa shape index (κ2) is 7.53. The quantitative estimate of drug-likeness (QED) is 0.805. The minimum Gasteiger partial charge on any atom is -0.353 e. The number of likely N-dealkylation sites (tertiary alicyclic amines) is 1. The lowest BCUT2D eigenvalue weighted by Crippen LogP contribution is -2.44. The Morgan fingerprint density at radius 1 is 1.32 bits per heavy atom. The predicted molar refractivity (Wildman–Crippen MR) is 96.1 cm³/mol. The fourth-order valence-corrected chi connectivity index (χ4v) is 4.46. The molecule has 0 spiro atoms. The molecule has 1 fully saturated rings. The van der Waals surface area contributed by atoms with Gasteiger partial charge >= 0.3 is 0 Å². The van der Waals surface area contributed by atoms with Crippen molar-refractivity contribution in [3.05, 3.63) is 29.8 Å². The van der Waals surface area contributed by atoms with Crippen LogP contribution in [0.1, 0.15) is 31.7 Å². The molecule has 1 aromatic rings. The van der Waals surface area contributed by atoms with Gasteiger partial charge in [0.1, 0.15) is 5.84 Å². The zero-order chi connectivity index (χ0) is 17.9. The van der Waals surface area contributed by atoms with Gasteiger partial charge in [0.05, 0.1) is 11.4 Å². The van der Waals surface area contributed by atoms with Crippen LogP contribution in [0.2, 0.25) is 0 Å². The number of aliphatic imine (C=N–C) groups is 1. The number of hydrogen-bond donors (Lipinski definition) is 2. The summed E-state index contributed by atoms with van der Waals surface area (Å²) in [6.07, 6.45) is 2.20. The number of nitrogens with one attached hydrogen (secondary N) is 2. The Hall–Kier alpha value is -1.93. The van der Waals surface area contributed by atoms with Crippen molar-refractivity contribution in [2.24, 2.45) is 4.99 Å². The third-order valence-electron chi connectivity index (χ3n) is 4.67. The molecule has 2 aliphatic rings. The van der Waals surface area contributed by atoms with E-state index in [1.165, 1.54) is 0 Å². The van der Waals surface area contributed by atoms with Crippen LogP contribution in [-0.4, -0.2) is 57.3 Å². The first-order valence-corrected chi connectivity index (χ1v) is 10.2. The van der Waals surface area contributed by atoms with Gasteiger partial charge in [0.25, 0.3) is 10.0 Å². The molecule has 2 heterocycles. The van der Waals surface area contributed by atoms with Crippen LogP contribution in [0.15, 0.2) is 34.2 Å². The summed E-state index contributed by atoms with van der Waals surface area (Å²) in [5.74, 6) is 0.285. The van der Waals surface area contributed by atoms with E-state index in [4.69, 9.17) is 0 Å². The number of carbonyl (C=O) groups is 1. The standard InChI is InChI=1S/C17H24N4O3S/c1-2-21-11-8-13(9-12-21)19-16(22)7-10-18-17-14-5-3-4-6-15(14)25(23,24)20-17/h3-6,13H,2,7-12H2,1H3,(H,18,20)(H,19,22). The van der Waals surface area contributed by atoms with E-state index >= 15 is 0 Å². The summed E-state index contributed by atoms with van der Waals surface area (Å²) in [4.78, 5) is 19.0. The maximum Gasteiger partial charge on any atom is 0.263 e. The lowest BCUT2D eigenvalue weighted by molar-refractivity contribution is -0.121. The maximum absolute atomic E-state index is 12.1. The van der Waals surface area contributed by atoms with Gasteiger partial charge in [0, 0.05) is 31.1 Å². The predicted octanol–water partition coefficient (Wildman–Crippen LogP) is 0.716. The molecule has 0 unspecified atom stereocenters. The highest BCUT2D eigenvalue weighted by Gasteiger charge is 2.30. The molecule has 0 saturated carbocycles. The van der Waals surface area contributed by atoms with Crippen molar-refractivity contribution in [2.75, 3.05) is 26.2 Å². The normalized spacial score (nSPS) is 21.7. The van der Waals surface area contributed by atoms with Gasteiger partial charge < -0.3 is 10.2 Å². The van der Waals surface area contributed by atoms with Gasteiger partial charge in [-0.3, -0.25) is 14.5 Å². The third kappa shape index (κ3) is 4.19. The Morgan fingerprint density at radius 3 is 2.76 bits per heavy atom. The van der Waals surface area contributed by atoms with Crippen LogP contribution in [0, 0.1) is 0 Å². The van der Waals surface area contributed by atoms with E-state index in [1.54, 1.807) is 24.3 Å². The molecule has 2 N–H and O–H groups in total. The smallest absolute Gasteiger partial charge is 0.263 e. The van der Waals surface area contributed by atoms with E-state index in [0.29, 0.717) is 11.4 Å². The van der Waals surface area contributed by atoms with Crippen LogP contribution in [0.4, 0.5) is 0 Å². The molecule has 1 amide bonds. The number of sulfonamides is 1. The van der Waals surface area contributed by atoms with Crippen molar-refractivity contribution < 1.29 is 13.2 Å². The minimum absolute atomic E-state index is 0.0339. The van der Waals surface area contributed by atoms with Crippen molar-refractivity contribution in [1.82, 2.24) is 14.9 Å². The van der Waals surface area contributed by atoms with Gasteiger partial charge in [-0.25, -0.2) is 8.42 Å². The van der Waals surface area contributed by atoms with E-state index in [2.05, 4.69) is 26.9 Å². The van der Waals surface area contributed by atoms with Crippen molar-refractivity contribution >= 4 is 21.8 Å². The summed E-state index contributed by atoms with van der Waals surface area (Å²) < 4.78 is 26.4. The molecule has 0 aromatic heterocycles. The lowest BCUT2D eigenvalue weighted by Gasteiger charge is -2.31. The largest absolute Gasteiger partial charge is 0.353 e. The Bertz CT molecular complexity index is 768. The minimum atomic E-state index is -3.52. The average molecular weight is 364 g/mol. The Balaban J connectivity index is 1.51. The summed E-state index contributed by atoms with van der Waals surface area (Å²) in [6.45, 7) is 5.49. The first kappa shape index (κ1) is 17.9. The molecule has 2 aliphatic heterocycles. The summed E-state index contributed by atoms with van der Waals surface area (Å²) in [7, 11) is -3.52. The number of benzene rings is 1. The molecule has 3 rings (SSSR count). The number of amidine groups is 1. The summed E-state index contributed by atoms with van der Waals surface area (Å²) in [6, 6.07) is 6.95. The monoisotopic (exact) mass is 364 g/mol. The maximum atomic E-state index is 12.1. The first-order valence-electron chi connectivity index (χ1n) is 8.68. The molecule has 0 atom stereocenters. The zero-order valence-corrected chi connectivity index (χ0v) is 15.2. The van der Waals surface area contributed by atoms with Gasteiger partial charge in [0.2, 0.25) is 5.91 Å². The summed E-state index contributed by atoms with van der Waals surface area (Å²) in [5.41, 5.74) is 0.565. The van der Waals surface area contributed by atoms with Crippen molar-refractivity contribution in [3.8, 4) is 0 Å². The van der Waals surface area contributed by atoms with Crippen molar-refractivity contribution in [3.63, 3.8) is 0 Å². The molecule has 136 valence electrons. The van der Waals surface area contributed by atoms with Crippen LogP contribution >= 0.6 is 0 Å². The van der Waals surface area contributed by atoms with Gasteiger partial charge in [-0.2, -0.15) is 0 Å². The summed E-state index contributed by atoms with van der Waals surface area (Å²) >= 11 is 0. The van der Waals surface area contributed by atoms with E-state index < -0.39 is 10.0 Å². The molecule has 0 radical (unpaired) electrons. The Morgan fingerprint density at radius 2 is 2.04 bits per heavy atom. The Kier molecular flexibility index (Phi) is 5.39. The molecular formula is C17H24N4O3S.